The van der Waals surface area contributed by atoms with Gasteiger partial charge in [0.2, 0.25) is 11.5 Å². The lowest BCUT2D eigenvalue weighted by atomic mass is 9.95. The molecule has 2 aromatic heterocycles. The largest absolute Gasteiger partial charge is 0.474 e. The van der Waals surface area contributed by atoms with Gasteiger partial charge in [-0.3, -0.25) is 5.32 Å². The van der Waals surface area contributed by atoms with Crippen LogP contribution in [0.1, 0.15) is 70.4 Å². The number of hydrogen-bond acceptors (Lipinski definition) is 8. The van der Waals surface area contributed by atoms with Crippen molar-refractivity contribution in [3.05, 3.63) is 65.6 Å². The maximum absolute atomic E-state index is 14.9. The van der Waals surface area contributed by atoms with Crippen molar-refractivity contribution in [2.75, 3.05) is 5.32 Å². The number of nitrogens with one attached hydrogen (secondary N) is 1. The van der Waals surface area contributed by atoms with E-state index in [1.165, 1.54) is 6.08 Å². The van der Waals surface area contributed by atoms with Crippen molar-refractivity contribution in [2.45, 2.75) is 83.5 Å². The van der Waals surface area contributed by atoms with Crippen molar-refractivity contribution in [1.29, 1.82) is 0 Å². The molecule has 0 saturated carbocycles. The Hall–Kier alpha value is -4.07. The van der Waals surface area contributed by atoms with Crippen molar-refractivity contribution in [3.63, 3.8) is 0 Å². The number of hydrogen-bond donors (Lipinski definition) is 1. The lowest BCUT2D eigenvalue weighted by Gasteiger charge is -2.32. The number of fused-ring (bicyclic) bond motifs is 5. The molecule has 0 spiro atoms. The molecule has 1 aliphatic heterocycles. The van der Waals surface area contributed by atoms with Crippen LogP contribution in [0.5, 0.6) is 5.88 Å². The van der Waals surface area contributed by atoms with Gasteiger partial charge in [0, 0.05) is 6.42 Å². The summed E-state index contributed by atoms with van der Waals surface area (Å²) in [6.45, 7) is 5.92. The van der Waals surface area contributed by atoms with Gasteiger partial charge in [-0.2, -0.15) is 13.2 Å². The maximum atomic E-state index is 14.9. The minimum atomic E-state index is -5.01. The van der Waals surface area contributed by atoms with Crippen LogP contribution < -0.4 is 10.1 Å². The first-order chi connectivity index (χ1) is 20.2. The lowest BCUT2D eigenvalue weighted by molar-refractivity contribution is -0.299. The summed E-state index contributed by atoms with van der Waals surface area (Å²) in [5.74, 6) is -2.03. The Morgan fingerprint density at radius 1 is 1.14 bits per heavy atom. The number of rotatable bonds is 5. The minimum Gasteiger partial charge on any atom is -0.474 e. The second kappa shape index (κ2) is 12.7. The molecule has 1 amide bonds. The molecule has 0 unspecified atom stereocenters. The van der Waals surface area contributed by atoms with Crippen molar-refractivity contribution >= 4 is 11.8 Å². The van der Waals surface area contributed by atoms with Gasteiger partial charge in [0.05, 0.1) is 17.9 Å². The third kappa shape index (κ3) is 7.66. The molecule has 1 aliphatic rings. The Labute approximate surface area is 244 Å². The molecule has 0 aliphatic carbocycles. The topological polar surface area (TPSA) is 109 Å². The number of carbonyl (C=O) groups excluding carboxylic acids is 1. The Balaban J connectivity index is 1.88. The molecule has 0 radical (unpaired) electrons. The highest BCUT2D eigenvalue weighted by molar-refractivity contribution is 5.89. The second-order valence-electron chi connectivity index (χ2n) is 10.9. The fourth-order valence-corrected chi connectivity index (χ4v) is 4.21. The molecule has 3 aromatic rings. The van der Waals surface area contributed by atoms with Gasteiger partial charge in [0.25, 0.3) is 18.2 Å². The van der Waals surface area contributed by atoms with Crippen molar-refractivity contribution in [1.82, 2.24) is 15.2 Å². The van der Waals surface area contributed by atoms with E-state index < -0.39 is 77.9 Å². The van der Waals surface area contributed by atoms with Crippen LogP contribution in [0.15, 0.2) is 53.0 Å². The number of alkyl halides is 5. The average molecular weight is 611 g/mol. The number of aromatic nitrogens is 3. The van der Waals surface area contributed by atoms with E-state index >= 15 is 0 Å². The molecule has 232 valence electrons. The summed E-state index contributed by atoms with van der Waals surface area (Å²) in [7, 11) is 0. The Bertz CT molecular complexity index is 1440. The van der Waals surface area contributed by atoms with Crippen LogP contribution >= 0.6 is 0 Å². The quantitative estimate of drug-likeness (QED) is 0.229. The van der Waals surface area contributed by atoms with Crippen molar-refractivity contribution in [2.24, 2.45) is 0 Å². The molecule has 2 atom stereocenters. The molecular weight excluding hydrogens is 579 g/mol. The Morgan fingerprint density at radius 3 is 2.51 bits per heavy atom. The minimum absolute atomic E-state index is 0.101. The summed E-state index contributed by atoms with van der Waals surface area (Å²) in [4.78, 5) is 16.7. The van der Waals surface area contributed by atoms with E-state index in [9.17, 15) is 26.7 Å². The van der Waals surface area contributed by atoms with Gasteiger partial charge in [-0.15, -0.1) is 10.2 Å². The first kappa shape index (κ1) is 31.9. The first-order valence-electron chi connectivity index (χ1n) is 13.4. The Morgan fingerprint density at radius 2 is 1.86 bits per heavy atom. The van der Waals surface area contributed by atoms with Crippen LogP contribution in [0.25, 0.3) is 11.6 Å². The SMILES string of the molecule is C[C@@H]1C/C=C\CC[C@](OCc2ccccc2)(C(F)(F)F)c2nnc(o2)-c2nc(c(C(F)F)cc2NC(=O)OC(C)(C)C)O1. The van der Waals surface area contributed by atoms with Gasteiger partial charge in [-0.1, -0.05) is 42.5 Å². The highest BCUT2D eigenvalue weighted by Gasteiger charge is 2.61. The van der Waals surface area contributed by atoms with Crippen LogP contribution in [-0.4, -0.2) is 39.2 Å². The molecule has 0 saturated heterocycles. The maximum Gasteiger partial charge on any atom is 0.426 e. The molecule has 4 rings (SSSR count). The fraction of sp³-hybridized carbons (Fsp3) is 0.448. The Kier molecular flexibility index (Phi) is 9.38. The van der Waals surface area contributed by atoms with Gasteiger partial charge in [-0.05, 0) is 52.2 Å². The van der Waals surface area contributed by atoms with Crippen LogP contribution in [0.3, 0.4) is 0 Å². The summed E-state index contributed by atoms with van der Waals surface area (Å²) in [6.07, 6.45) is -7.26. The third-order valence-electron chi connectivity index (χ3n) is 6.26. The molecule has 43 heavy (non-hydrogen) atoms. The van der Waals surface area contributed by atoms with E-state index in [1.54, 1.807) is 64.1 Å². The molecule has 0 fully saturated rings. The number of ether oxygens (including phenoxy) is 3. The number of benzene rings is 1. The molecule has 9 nitrogen and oxygen atoms in total. The summed E-state index contributed by atoms with van der Waals surface area (Å²) < 4.78 is 95.0. The molecule has 4 bridgehead atoms. The van der Waals surface area contributed by atoms with Crippen LogP contribution in [0.4, 0.5) is 32.4 Å². The summed E-state index contributed by atoms with van der Waals surface area (Å²) in [6, 6.07) is 9.14. The van der Waals surface area contributed by atoms with Crippen LogP contribution in [0.2, 0.25) is 0 Å². The van der Waals surface area contributed by atoms with E-state index in [0.29, 0.717) is 5.56 Å². The number of allylic oxidation sites excluding steroid dienone is 1. The highest BCUT2D eigenvalue weighted by Crippen LogP contribution is 2.47. The van der Waals surface area contributed by atoms with Gasteiger partial charge in [0.15, 0.2) is 5.69 Å². The summed E-state index contributed by atoms with van der Waals surface area (Å²) in [5.41, 5.74) is -4.95. The molecule has 1 aromatic carbocycles. The van der Waals surface area contributed by atoms with E-state index in [4.69, 9.17) is 18.6 Å². The first-order valence-corrected chi connectivity index (χ1v) is 13.4. The number of halogens is 5. The monoisotopic (exact) mass is 610 g/mol. The predicted molar refractivity (Wildman–Crippen MR) is 144 cm³/mol. The van der Waals surface area contributed by atoms with E-state index in [0.717, 1.165) is 6.07 Å². The average Bonchev–Trinajstić information content (AvgIpc) is 3.39. The zero-order valence-electron chi connectivity index (χ0n) is 23.9. The zero-order valence-corrected chi connectivity index (χ0v) is 23.9. The standard InChI is InChI=1S/C29H31F5N4O5/c1-17-11-7-6-10-14-28(29(32,33)34,40-16-18-12-8-5-9-13-18)25-38-37-24(42-25)21-20(35-26(39)43-27(2,3)4)15-19(22(30)31)23(36-21)41-17/h5-9,12-13,15,17,22H,10-11,14,16H2,1-4H3,(H,35,39)/b7-6-/t17-,28-/m1/s1. The second-order valence-corrected chi connectivity index (χ2v) is 10.9. The van der Waals surface area contributed by atoms with Gasteiger partial charge < -0.3 is 18.6 Å². The molecule has 3 heterocycles. The van der Waals surface area contributed by atoms with E-state index in [1.807, 2.05) is 0 Å². The number of amides is 1. The van der Waals surface area contributed by atoms with Gasteiger partial charge >= 0.3 is 12.3 Å². The normalized spacial score (nSPS) is 20.2. The number of carbonyl (C=O) groups is 1. The zero-order chi connectivity index (χ0) is 31.4. The fourth-order valence-electron chi connectivity index (χ4n) is 4.21. The summed E-state index contributed by atoms with van der Waals surface area (Å²) in [5, 5.41) is 9.77. The number of anilines is 1. The highest BCUT2D eigenvalue weighted by atomic mass is 19.4. The van der Waals surface area contributed by atoms with Crippen molar-refractivity contribution < 1.29 is 45.4 Å². The predicted octanol–water partition coefficient (Wildman–Crippen LogP) is 7.90. The number of nitrogens with zero attached hydrogens (tertiary/aromatic N) is 3. The van der Waals surface area contributed by atoms with Gasteiger partial charge in [0.1, 0.15) is 11.7 Å². The van der Waals surface area contributed by atoms with Crippen LogP contribution in [-0.2, 0) is 21.7 Å². The smallest absolute Gasteiger partial charge is 0.426 e. The van der Waals surface area contributed by atoms with Gasteiger partial charge in [-0.25, -0.2) is 18.6 Å². The molecule has 1 N–H and O–H groups in total. The third-order valence-corrected chi connectivity index (χ3v) is 6.26. The molecular formula is C29H31F5N4O5. The number of pyridine rings is 1. The van der Waals surface area contributed by atoms with E-state index in [-0.39, 0.29) is 18.5 Å². The molecule has 14 heteroatoms. The summed E-state index contributed by atoms with van der Waals surface area (Å²) >= 11 is 0. The lowest BCUT2D eigenvalue weighted by Crippen LogP contribution is -2.45. The van der Waals surface area contributed by atoms with Crippen LogP contribution in [0, 0.1) is 0 Å². The van der Waals surface area contributed by atoms with Crippen molar-refractivity contribution in [3.8, 4) is 17.5 Å². The van der Waals surface area contributed by atoms with E-state index in [2.05, 4.69) is 20.5 Å².